The van der Waals surface area contributed by atoms with Gasteiger partial charge >= 0.3 is 0 Å². The molecule has 2 aliphatic heterocycles. The summed E-state index contributed by atoms with van der Waals surface area (Å²) >= 11 is 18.1. The zero-order chi connectivity index (χ0) is 24.6. The van der Waals surface area contributed by atoms with E-state index in [-0.39, 0.29) is 14.9 Å². The predicted molar refractivity (Wildman–Crippen MR) is 128 cm³/mol. The predicted octanol–water partition coefficient (Wildman–Crippen LogP) is 3.95. The number of hydrogen-bond donors (Lipinski definition) is 2. The first-order valence-electron chi connectivity index (χ1n) is 10.3. The number of fused-ring (bicyclic) bond motifs is 1. The van der Waals surface area contributed by atoms with Gasteiger partial charge in [-0.15, -0.1) is 0 Å². The maximum Gasteiger partial charge on any atom is 0.264 e. The molecule has 2 atom stereocenters. The molecule has 0 aliphatic carbocycles. The molecule has 0 unspecified atom stereocenters. The standard InChI is InChI=1S/C22H20Cl3N3O5S/c1-12-8-20-14(10-16(12)24)18(4-7-33-20)27-21(29)11-19-22(30)26-5-6-28(19)34(31,32)13-2-3-15(23)17(25)9-13/h2-3,5-6,8-10,18-19H,4,7,11H2,1H3,(H,26,30)(H,27,29)/t18-,19-/m1/s1. The highest BCUT2D eigenvalue weighted by Gasteiger charge is 2.37. The quantitative estimate of drug-likeness (QED) is 0.593. The van der Waals surface area contributed by atoms with E-state index < -0.39 is 40.3 Å². The molecule has 8 nitrogen and oxygen atoms in total. The Balaban J connectivity index is 1.56. The second kappa shape index (κ2) is 9.65. The zero-order valence-electron chi connectivity index (χ0n) is 17.8. The Bertz CT molecular complexity index is 1300. The topological polar surface area (TPSA) is 105 Å². The molecule has 0 radical (unpaired) electrons. The average Bonchev–Trinajstić information content (AvgIpc) is 2.78. The van der Waals surface area contributed by atoms with Crippen molar-refractivity contribution >= 4 is 56.6 Å². The molecule has 2 aromatic rings. The molecular weight excluding hydrogens is 525 g/mol. The third-order valence-electron chi connectivity index (χ3n) is 5.57. The summed E-state index contributed by atoms with van der Waals surface area (Å²) in [6.45, 7) is 2.25. The van der Waals surface area contributed by atoms with E-state index in [2.05, 4.69) is 10.6 Å². The highest BCUT2D eigenvalue weighted by molar-refractivity contribution is 7.89. The normalized spacial score (nSPS) is 19.8. The molecule has 0 fully saturated rings. The zero-order valence-corrected chi connectivity index (χ0v) is 20.9. The molecule has 0 aromatic heterocycles. The smallest absolute Gasteiger partial charge is 0.264 e. The number of carbonyl (C=O) groups excluding carboxylic acids is 2. The van der Waals surface area contributed by atoms with E-state index in [0.29, 0.717) is 23.8 Å². The minimum atomic E-state index is -4.20. The Morgan fingerprint density at radius 1 is 1.18 bits per heavy atom. The highest BCUT2D eigenvalue weighted by Crippen LogP contribution is 2.36. The molecule has 4 rings (SSSR count). The summed E-state index contributed by atoms with van der Waals surface area (Å²) in [7, 11) is -4.20. The van der Waals surface area contributed by atoms with Crippen LogP contribution in [0.4, 0.5) is 0 Å². The summed E-state index contributed by atoms with van der Waals surface area (Å²) in [4.78, 5) is 25.4. The van der Waals surface area contributed by atoms with Crippen LogP contribution in [0.1, 0.15) is 30.0 Å². The summed E-state index contributed by atoms with van der Waals surface area (Å²) in [5.41, 5.74) is 1.57. The summed E-state index contributed by atoms with van der Waals surface area (Å²) < 4.78 is 33.0. The van der Waals surface area contributed by atoms with Crippen LogP contribution in [0.2, 0.25) is 15.1 Å². The Morgan fingerprint density at radius 3 is 2.68 bits per heavy atom. The lowest BCUT2D eigenvalue weighted by atomic mass is 9.98. The lowest BCUT2D eigenvalue weighted by molar-refractivity contribution is -0.129. The lowest BCUT2D eigenvalue weighted by Gasteiger charge is -2.32. The van der Waals surface area contributed by atoms with Crippen molar-refractivity contribution in [3.05, 3.63) is 68.9 Å². The molecule has 2 aromatic carbocycles. The van der Waals surface area contributed by atoms with E-state index in [1.807, 2.05) is 6.92 Å². The Labute approximate surface area is 211 Å². The van der Waals surface area contributed by atoms with Crippen molar-refractivity contribution in [2.75, 3.05) is 6.61 Å². The number of nitrogens with zero attached hydrogens (tertiary/aromatic N) is 1. The largest absolute Gasteiger partial charge is 0.493 e. The van der Waals surface area contributed by atoms with Crippen LogP contribution in [0, 0.1) is 6.92 Å². The summed E-state index contributed by atoms with van der Waals surface area (Å²) in [5, 5.41) is 6.11. The van der Waals surface area contributed by atoms with Gasteiger partial charge in [-0.05, 0) is 42.8 Å². The van der Waals surface area contributed by atoms with Crippen LogP contribution in [0.3, 0.4) is 0 Å². The second-order valence-electron chi connectivity index (χ2n) is 7.85. The molecule has 0 saturated carbocycles. The summed E-state index contributed by atoms with van der Waals surface area (Å²) in [6, 6.07) is 5.69. The van der Waals surface area contributed by atoms with Gasteiger partial charge in [0, 0.05) is 29.4 Å². The van der Waals surface area contributed by atoms with E-state index in [1.54, 1.807) is 12.1 Å². The molecule has 2 heterocycles. The molecule has 34 heavy (non-hydrogen) atoms. The average molecular weight is 545 g/mol. The van der Waals surface area contributed by atoms with Gasteiger partial charge in [0.2, 0.25) is 11.8 Å². The summed E-state index contributed by atoms with van der Waals surface area (Å²) in [5.74, 6) is -0.507. The van der Waals surface area contributed by atoms with Crippen molar-refractivity contribution in [1.29, 1.82) is 0 Å². The van der Waals surface area contributed by atoms with Crippen molar-refractivity contribution in [3.63, 3.8) is 0 Å². The van der Waals surface area contributed by atoms with Crippen molar-refractivity contribution in [2.24, 2.45) is 0 Å². The van der Waals surface area contributed by atoms with Crippen LogP contribution in [0.15, 0.2) is 47.6 Å². The minimum Gasteiger partial charge on any atom is -0.493 e. The lowest BCUT2D eigenvalue weighted by Crippen LogP contribution is -2.51. The monoisotopic (exact) mass is 543 g/mol. The van der Waals surface area contributed by atoms with Gasteiger partial charge in [0.05, 0.1) is 34.0 Å². The van der Waals surface area contributed by atoms with Crippen molar-refractivity contribution in [3.8, 4) is 5.75 Å². The fraction of sp³-hybridized carbons (Fsp3) is 0.273. The number of benzene rings is 2. The molecule has 12 heteroatoms. The number of carbonyl (C=O) groups is 2. The van der Waals surface area contributed by atoms with E-state index in [9.17, 15) is 18.0 Å². The number of aryl methyl sites for hydroxylation is 1. The first kappa shape index (κ1) is 24.7. The molecule has 2 N–H and O–H groups in total. The van der Waals surface area contributed by atoms with Gasteiger partial charge < -0.3 is 15.4 Å². The number of ether oxygens (including phenoxy) is 1. The van der Waals surface area contributed by atoms with E-state index >= 15 is 0 Å². The van der Waals surface area contributed by atoms with E-state index in [1.165, 1.54) is 30.6 Å². The van der Waals surface area contributed by atoms with Crippen LogP contribution in [0.25, 0.3) is 0 Å². The van der Waals surface area contributed by atoms with Crippen LogP contribution in [-0.4, -0.2) is 37.2 Å². The summed E-state index contributed by atoms with van der Waals surface area (Å²) in [6.07, 6.45) is 2.50. The first-order valence-corrected chi connectivity index (χ1v) is 12.8. The Morgan fingerprint density at radius 2 is 1.94 bits per heavy atom. The van der Waals surface area contributed by atoms with Crippen molar-refractivity contribution in [1.82, 2.24) is 14.9 Å². The van der Waals surface area contributed by atoms with Crippen molar-refractivity contribution in [2.45, 2.75) is 36.7 Å². The number of amides is 2. The second-order valence-corrected chi connectivity index (χ2v) is 10.9. The molecule has 2 aliphatic rings. The van der Waals surface area contributed by atoms with E-state index in [0.717, 1.165) is 15.4 Å². The molecule has 0 bridgehead atoms. The number of sulfonamides is 1. The molecular formula is C22H20Cl3N3O5S. The molecule has 2 amide bonds. The van der Waals surface area contributed by atoms with Gasteiger partial charge in [-0.1, -0.05) is 34.8 Å². The van der Waals surface area contributed by atoms with Gasteiger partial charge in [0.15, 0.2) is 0 Å². The fourth-order valence-corrected chi connectivity index (χ4v) is 5.80. The fourth-order valence-electron chi connectivity index (χ4n) is 3.79. The molecule has 180 valence electrons. The number of nitrogens with one attached hydrogen (secondary N) is 2. The highest BCUT2D eigenvalue weighted by atomic mass is 35.5. The van der Waals surface area contributed by atoms with Gasteiger partial charge in [0.1, 0.15) is 11.8 Å². The van der Waals surface area contributed by atoms with Crippen LogP contribution < -0.4 is 15.4 Å². The molecule has 0 saturated heterocycles. The Kier molecular flexibility index (Phi) is 7.00. The number of hydrogen-bond acceptors (Lipinski definition) is 5. The third kappa shape index (κ3) is 4.84. The van der Waals surface area contributed by atoms with Gasteiger partial charge in [-0.25, -0.2) is 8.42 Å². The third-order valence-corrected chi connectivity index (χ3v) is 8.50. The van der Waals surface area contributed by atoms with Crippen LogP contribution in [0.5, 0.6) is 5.75 Å². The molecule has 0 spiro atoms. The maximum absolute atomic E-state index is 13.2. The maximum atomic E-state index is 13.2. The van der Waals surface area contributed by atoms with Crippen LogP contribution >= 0.6 is 34.8 Å². The van der Waals surface area contributed by atoms with Crippen LogP contribution in [-0.2, 0) is 19.6 Å². The first-order chi connectivity index (χ1) is 16.1. The Hall–Kier alpha value is -2.46. The van der Waals surface area contributed by atoms with Gasteiger partial charge in [-0.2, -0.15) is 0 Å². The number of rotatable bonds is 5. The van der Waals surface area contributed by atoms with Gasteiger partial charge in [0.25, 0.3) is 10.0 Å². The SMILES string of the molecule is Cc1cc2c(cc1Cl)[C@H](NC(=O)C[C@@H]1C(=O)NC=CN1S(=O)(=O)c1ccc(Cl)c(Cl)c1)CCO2. The minimum absolute atomic E-state index is 0.0505. The van der Waals surface area contributed by atoms with E-state index in [4.69, 9.17) is 39.5 Å². The van der Waals surface area contributed by atoms with Gasteiger partial charge in [-0.3, -0.25) is 13.9 Å². The number of halogens is 3. The van der Waals surface area contributed by atoms with Crippen molar-refractivity contribution < 1.29 is 22.7 Å².